The van der Waals surface area contributed by atoms with E-state index in [9.17, 15) is 4.79 Å². The summed E-state index contributed by atoms with van der Waals surface area (Å²) in [6.07, 6.45) is 12.8. The standard InChI is InChI=1S/C18H28N2OS/c1-3-4-5-6-7-8-9-10-18(21)20-19-15-16-11-13-17(22-2)14-12-16/h11-15H,3-10H2,1-2H3,(H,20,21). The van der Waals surface area contributed by atoms with Crippen molar-refractivity contribution in [1.29, 1.82) is 0 Å². The number of thioether (sulfide) groups is 1. The summed E-state index contributed by atoms with van der Waals surface area (Å²) in [6.45, 7) is 2.22. The van der Waals surface area contributed by atoms with Gasteiger partial charge in [0, 0.05) is 11.3 Å². The van der Waals surface area contributed by atoms with Gasteiger partial charge >= 0.3 is 0 Å². The molecule has 1 rings (SSSR count). The maximum absolute atomic E-state index is 11.6. The Bertz CT molecular complexity index is 443. The quantitative estimate of drug-likeness (QED) is 0.270. The molecule has 0 aliphatic heterocycles. The second-order valence-corrected chi connectivity index (χ2v) is 6.32. The first kappa shape index (κ1) is 18.8. The first-order valence-electron chi connectivity index (χ1n) is 8.22. The number of carbonyl (C=O) groups excluding carboxylic acids is 1. The third kappa shape index (κ3) is 8.88. The van der Waals surface area contributed by atoms with E-state index in [0.29, 0.717) is 6.42 Å². The topological polar surface area (TPSA) is 41.5 Å². The Kier molecular flexibility index (Phi) is 10.5. The van der Waals surface area contributed by atoms with Gasteiger partial charge in [-0.15, -0.1) is 11.8 Å². The molecular formula is C18H28N2OS. The molecule has 0 atom stereocenters. The van der Waals surface area contributed by atoms with E-state index in [2.05, 4.69) is 17.5 Å². The molecule has 4 heteroatoms. The van der Waals surface area contributed by atoms with Gasteiger partial charge in [0.05, 0.1) is 6.21 Å². The second-order valence-electron chi connectivity index (χ2n) is 5.44. The Labute approximate surface area is 139 Å². The molecule has 0 heterocycles. The molecule has 1 aromatic rings. The van der Waals surface area contributed by atoms with Crippen molar-refractivity contribution in [3.8, 4) is 0 Å². The molecule has 0 radical (unpaired) electrons. The molecule has 0 bridgehead atoms. The molecule has 0 saturated carbocycles. The summed E-state index contributed by atoms with van der Waals surface area (Å²) in [7, 11) is 0. The average Bonchev–Trinajstić information content (AvgIpc) is 2.54. The summed E-state index contributed by atoms with van der Waals surface area (Å²) in [5.74, 6) is 0.00513. The van der Waals surface area contributed by atoms with Gasteiger partial charge in [0.1, 0.15) is 0 Å². The van der Waals surface area contributed by atoms with Crippen LogP contribution in [0.25, 0.3) is 0 Å². The second kappa shape index (κ2) is 12.3. The number of hydrogen-bond acceptors (Lipinski definition) is 3. The van der Waals surface area contributed by atoms with Gasteiger partial charge in [-0.05, 0) is 30.4 Å². The molecule has 1 N–H and O–H groups in total. The van der Waals surface area contributed by atoms with E-state index in [4.69, 9.17) is 0 Å². The third-order valence-electron chi connectivity index (χ3n) is 3.53. The molecule has 3 nitrogen and oxygen atoms in total. The Hall–Kier alpha value is -1.29. The lowest BCUT2D eigenvalue weighted by Gasteiger charge is -2.01. The smallest absolute Gasteiger partial charge is 0.240 e. The molecule has 122 valence electrons. The first-order chi connectivity index (χ1) is 10.8. The van der Waals surface area contributed by atoms with Gasteiger partial charge in [-0.1, -0.05) is 57.6 Å². The highest BCUT2D eigenvalue weighted by atomic mass is 32.2. The van der Waals surface area contributed by atoms with Gasteiger partial charge in [-0.3, -0.25) is 4.79 Å². The molecule has 0 aliphatic rings. The van der Waals surface area contributed by atoms with Gasteiger partial charge < -0.3 is 0 Å². The highest BCUT2D eigenvalue weighted by Crippen LogP contribution is 2.13. The van der Waals surface area contributed by atoms with E-state index in [1.807, 2.05) is 30.5 Å². The molecule has 1 amide bonds. The molecule has 22 heavy (non-hydrogen) atoms. The van der Waals surface area contributed by atoms with Crippen LogP contribution in [-0.4, -0.2) is 18.4 Å². The van der Waals surface area contributed by atoms with E-state index < -0.39 is 0 Å². The van der Waals surface area contributed by atoms with E-state index >= 15 is 0 Å². The first-order valence-corrected chi connectivity index (χ1v) is 9.44. The van der Waals surface area contributed by atoms with Crippen molar-refractivity contribution in [1.82, 2.24) is 5.43 Å². The van der Waals surface area contributed by atoms with E-state index in [1.165, 1.54) is 37.0 Å². The predicted molar refractivity (Wildman–Crippen MR) is 96.6 cm³/mol. The SMILES string of the molecule is CCCCCCCCCC(=O)NN=Cc1ccc(SC)cc1. The molecular weight excluding hydrogens is 292 g/mol. The molecule has 0 fully saturated rings. The highest BCUT2D eigenvalue weighted by Gasteiger charge is 1.99. The average molecular weight is 321 g/mol. The number of nitrogens with one attached hydrogen (secondary N) is 1. The molecule has 0 aromatic heterocycles. The Morgan fingerprint density at radius 3 is 2.36 bits per heavy atom. The van der Waals surface area contributed by atoms with E-state index in [-0.39, 0.29) is 5.91 Å². The fourth-order valence-electron chi connectivity index (χ4n) is 2.17. The van der Waals surface area contributed by atoms with E-state index in [0.717, 1.165) is 18.4 Å². The summed E-state index contributed by atoms with van der Waals surface area (Å²) in [5, 5.41) is 4.01. The molecule has 0 unspecified atom stereocenters. The van der Waals surface area contributed by atoms with E-state index in [1.54, 1.807) is 18.0 Å². The zero-order chi connectivity index (χ0) is 16.0. The molecule has 0 aliphatic carbocycles. The van der Waals surface area contributed by atoms with Gasteiger partial charge in [0.15, 0.2) is 0 Å². The summed E-state index contributed by atoms with van der Waals surface area (Å²) in [4.78, 5) is 12.9. The van der Waals surface area contributed by atoms with Gasteiger partial charge in [-0.25, -0.2) is 5.43 Å². The molecule has 0 spiro atoms. The van der Waals surface area contributed by atoms with Crippen molar-refractivity contribution >= 4 is 23.9 Å². The lowest BCUT2D eigenvalue weighted by Crippen LogP contribution is -2.16. The largest absolute Gasteiger partial charge is 0.273 e. The van der Waals surface area contributed by atoms with Crippen LogP contribution in [0.15, 0.2) is 34.3 Å². The van der Waals surface area contributed by atoms with Crippen molar-refractivity contribution < 1.29 is 4.79 Å². The minimum absolute atomic E-state index is 0.00513. The lowest BCUT2D eigenvalue weighted by molar-refractivity contribution is -0.121. The Morgan fingerprint density at radius 1 is 1.09 bits per heavy atom. The Morgan fingerprint density at radius 2 is 1.73 bits per heavy atom. The fourth-order valence-corrected chi connectivity index (χ4v) is 2.58. The van der Waals surface area contributed by atoms with Crippen molar-refractivity contribution in [2.45, 2.75) is 63.2 Å². The minimum Gasteiger partial charge on any atom is -0.273 e. The van der Waals surface area contributed by atoms with Crippen LogP contribution in [-0.2, 0) is 4.79 Å². The van der Waals surface area contributed by atoms with Gasteiger partial charge in [0.2, 0.25) is 5.91 Å². The van der Waals surface area contributed by atoms with Gasteiger partial charge in [0.25, 0.3) is 0 Å². The van der Waals surface area contributed by atoms with Crippen LogP contribution in [0.2, 0.25) is 0 Å². The summed E-state index contributed by atoms with van der Waals surface area (Å²) < 4.78 is 0. The van der Waals surface area contributed by atoms with Crippen LogP contribution in [0.3, 0.4) is 0 Å². The summed E-state index contributed by atoms with van der Waals surface area (Å²) in [5.41, 5.74) is 3.59. The number of hydrazone groups is 1. The van der Waals surface area contributed by atoms with Gasteiger partial charge in [-0.2, -0.15) is 5.10 Å². The van der Waals surface area contributed by atoms with Crippen LogP contribution in [0.5, 0.6) is 0 Å². The number of rotatable bonds is 11. The minimum atomic E-state index is 0.00513. The van der Waals surface area contributed by atoms with Crippen LogP contribution in [0.4, 0.5) is 0 Å². The summed E-state index contributed by atoms with van der Waals surface area (Å²) in [6, 6.07) is 8.09. The predicted octanol–water partition coefficient (Wildman–Crippen LogP) is 5.00. The maximum Gasteiger partial charge on any atom is 0.240 e. The van der Waals surface area contributed by atoms with Crippen LogP contribution >= 0.6 is 11.8 Å². The Balaban J connectivity index is 2.10. The normalized spacial score (nSPS) is 11.0. The number of nitrogens with zero attached hydrogens (tertiary/aromatic N) is 1. The van der Waals surface area contributed by atoms with Crippen molar-refractivity contribution in [2.24, 2.45) is 5.10 Å². The molecule has 1 aromatic carbocycles. The zero-order valence-corrected chi connectivity index (χ0v) is 14.6. The van der Waals surface area contributed by atoms with Crippen LogP contribution in [0.1, 0.15) is 63.9 Å². The summed E-state index contributed by atoms with van der Waals surface area (Å²) >= 11 is 1.71. The number of unbranched alkanes of at least 4 members (excludes halogenated alkanes) is 6. The van der Waals surface area contributed by atoms with Crippen molar-refractivity contribution in [3.63, 3.8) is 0 Å². The zero-order valence-electron chi connectivity index (χ0n) is 13.8. The third-order valence-corrected chi connectivity index (χ3v) is 4.27. The monoisotopic (exact) mass is 320 g/mol. The maximum atomic E-state index is 11.6. The fraction of sp³-hybridized carbons (Fsp3) is 0.556. The number of hydrogen-bond donors (Lipinski definition) is 1. The number of carbonyl (C=O) groups is 1. The lowest BCUT2D eigenvalue weighted by atomic mass is 10.1. The van der Waals surface area contributed by atoms with Crippen molar-refractivity contribution in [3.05, 3.63) is 29.8 Å². The number of benzene rings is 1. The highest BCUT2D eigenvalue weighted by molar-refractivity contribution is 7.98. The van der Waals surface area contributed by atoms with Crippen LogP contribution in [0, 0.1) is 0 Å². The van der Waals surface area contributed by atoms with Crippen molar-refractivity contribution in [2.75, 3.05) is 6.26 Å². The van der Waals surface area contributed by atoms with Crippen LogP contribution < -0.4 is 5.43 Å². The molecule has 0 saturated heterocycles. The number of amides is 1.